The summed E-state index contributed by atoms with van der Waals surface area (Å²) in [4.78, 5) is 3.67. The summed E-state index contributed by atoms with van der Waals surface area (Å²) in [5.41, 5.74) is 8.53. The summed E-state index contributed by atoms with van der Waals surface area (Å²) in [5.74, 6) is 0. The second kappa shape index (κ2) is 6.55. The standard InChI is InChI=1S/C15H19BrN2S/c1-3-18(12-6-4-5-11(2)9-12)13(10-17)14-7-8-15(16)19-14/h4-9,13H,3,10,17H2,1-2H3. The first kappa shape index (κ1) is 14.6. The molecule has 0 saturated heterocycles. The van der Waals surface area contributed by atoms with Crippen LogP contribution in [0.25, 0.3) is 0 Å². The SMILES string of the molecule is CCN(c1cccc(C)c1)C(CN)c1ccc(Br)s1. The van der Waals surface area contributed by atoms with Gasteiger partial charge in [0.2, 0.25) is 0 Å². The highest BCUT2D eigenvalue weighted by atomic mass is 79.9. The predicted molar refractivity (Wildman–Crippen MR) is 88.0 cm³/mol. The molecule has 2 aromatic rings. The summed E-state index contributed by atoms with van der Waals surface area (Å²) in [6.07, 6.45) is 0. The van der Waals surface area contributed by atoms with Crippen molar-refractivity contribution in [2.45, 2.75) is 19.9 Å². The van der Waals surface area contributed by atoms with Crippen LogP contribution in [0.15, 0.2) is 40.2 Å². The zero-order chi connectivity index (χ0) is 13.8. The van der Waals surface area contributed by atoms with E-state index in [0.717, 1.165) is 10.3 Å². The molecule has 1 heterocycles. The smallest absolute Gasteiger partial charge is 0.0757 e. The van der Waals surface area contributed by atoms with E-state index < -0.39 is 0 Å². The average molecular weight is 339 g/mol. The number of rotatable bonds is 5. The number of hydrogen-bond donors (Lipinski definition) is 1. The van der Waals surface area contributed by atoms with E-state index >= 15 is 0 Å². The largest absolute Gasteiger partial charge is 0.363 e. The van der Waals surface area contributed by atoms with Crippen LogP contribution in [-0.2, 0) is 0 Å². The molecule has 1 aromatic heterocycles. The molecule has 0 spiro atoms. The summed E-state index contributed by atoms with van der Waals surface area (Å²) >= 11 is 5.29. The molecule has 4 heteroatoms. The van der Waals surface area contributed by atoms with Gasteiger partial charge < -0.3 is 10.6 Å². The number of likely N-dealkylation sites (N-methyl/N-ethyl adjacent to an activating group) is 1. The molecule has 2 N–H and O–H groups in total. The molecule has 0 radical (unpaired) electrons. The molecule has 0 amide bonds. The molecule has 1 atom stereocenters. The van der Waals surface area contributed by atoms with Gasteiger partial charge in [0.15, 0.2) is 0 Å². The fraction of sp³-hybridized carbons (Fsp3) is 0.333. The highest BCUT2D eigenvalue weighted by Gasteiger charge is 2.19. The van der Waals surface area contributed by atoms with Crippen LogP contribution >= 0.6 is 27.3 Å². The van der Waals surface area contributed by atoms with Crippen LogP contribution in [0.3, 0.4) is 0 Å². The number of nitrogens with two attached hydrogens (primary N) is 1. The Balaban J connectivity index is 2.33. The second-order valence-electron chi connectivity index (χ2n) is 4.52. The fourth-order valence-electron chi connectivity index (χ4n) is 2.29. The van der Waals surface area contributed by atoms with Gasteiger partial charge in [-0.3, -0.25) is 0 Å². The number of hydrogen-bond acceptors (Lipinski definition) is 3. The Labute approximate surface area is 127 Å². The molecule has 0 aliphatic rings. The molecular formula is C15H19BrN2S. The van der Waals surface area contributed by atoms with Crippen molar-refractivity contribution in [3.8, 4) is 0 Å². The summed E-state index contributed by atoms with van der Waals surface area (Å²) in [6.45, 7) is 5.86. The first-order valence-corrected chi connectivity index (χ1v) is 8.05. The number of benzene rings is 1. The first-order valence-electron chi connectivity index (χ1n) is 6.44. The lowest BCUT2D eigenvalue weighted by molar-refractivity contribution is 0.653. The summed E-state index contributed by atoms with van der Waals surface area (Å²) in [6, 6.07) is 13.1. The molecule has 1 unspecified atom stereocenters. The van der Waals surface area contributed by atoms with Crippen LogP contribution in [0, 0.1) is 6.92 Å². The monoisotopic (exact) mass is 338 g/mol. The third kappa shape index (κ3) is 3.38. The maximum Gasteiger partial charge on any atom is 0.0757 e. The van der Waals surface area contributed by atoms with E-state index in [2.05, 4.69) is 71.1 Å². The summed E-state index contributed by atoms with van der Waals surface area (Å²) in [5, 5.41) is 0. The van der Waals surface area contributed by atoms with Gasteiger partial charge in [-0.2, -0.15) is 0 Å². The molecular weight excluding hydrogens is 320 g/mol. The van der Waals surface area contributed by atoms with Crippen LogP contribution in [-0.4, -0.2) is 13.1 Å². The average Bonchev–Trinajstić information content (AvgIpc) is 2.82. The number of halogens is 1. The van der Waals surface area contributed by atoms with Crippen LogP contribution in [0.1, 0.15) is 23.4 Å². The zero-order valence-corrected chi connectivity index (χ0v) is 13.7. The Kier molecular flexibility index (Phi) is 5.02. The highest BCUT2D eigenvalue weighted by molar-refractivity contribution is 9.11. The quantitative estimate of drug-likeness (QED) is 0.878. The molecule has 0 aliphatic heterocycles. The van der Waals surface area contributed by atoms with Crippen molar-refractivity contribution in [3.63, 3.8) is 0 Å². The van der Waals surface area contributed by atoms with Crippen LogP contribution in [0.4, 0.5) is 5.69 Å². The van der Waals surface area contributed by atoms with E-state index in [0.29, 0.717) is 6.54 Å². The minimum Gasteiger partial charge on any atom is -0.363 e. The highest BCUT2D eigenvalue weighted by Crippen LogP contribution is 2.33. The molecule has 2 nitrogen and oxygen atoms in total. The van der Waals surface area contributed by atoms with Crippen LogP contribution < -0.4 is 10.6 Å². The molecule has 1 aromatic carbocycles. The summed E-state index contributed by atoms with van der Waals surface area (Å²) < 4.78 is 1.15. The third-order valence-electron chi connectivity index (χ3n) is 3.20. The molecule has 0 saturated carbocycles. The maximum absolute atomic E-state index is 6.02. The van der Waals surface area contributed by atoms with E-state index in [1.54, 1.807) is 11.3 Å². The van der Waals surface area contributed by atoms with Crippen molar-refractivity contribution in [3.05, 3.63) is 50.6 Å². The van der Waals surface area contributed by atoms with Gasteiger partial charge in [0.05, 0.1) is 9.83 Å². The lowest BCUT2D eigenvalue weighted by Gasteiger charge is -2.31. The molecule has 102 valence electrons. The van der Waals surface area contributed by atoms with Crippen LogP contribution in [0.2, 0.25) is 0 Å². The Morgan fingerprint density at radius 3 is 2.63 bits per heavy atom. The Morgan fingerprint density at radius 2 is 2.11 bits per heavy atom. The normalized spacial score (nSPS) is 12.4. The van der Waals surface area contributed by atoms with Crippen molar-refractivity contribution in [2.24, 2.45) is 5.73 Å². The number of aryl methyl sites for hydroxylation is 1. The number of nitrogens with zero attached hydrogens (tertiary/aromatic N) is 1. The minimum absolute atomic E-state index is 0.239. The molecule has 0 aliphatic carbocycles. The van der Waals surface area contributed by atoms with E-state index in [4.69, 9.17) is 5.73 Å². The minimum atomic E-state index is 0.239. The summed E-state index contributed by atoms with van der Waals surface area (Å²) in [7, 11) is 0. The van der Waals surface area contributed by atoms with Gasteiger partial charge in [-0.15, -0.1) is 11.3 Å². The van der Waals surface area contributed by atoms with Gasteiger partial charge in [-0.05, 0) is 59.6 Å². The Morgan fingerprint density at radius 1 is 1.32 bits per heavy atom. The van der Waals surface area contributed by atoms with Gasteiger partial charge in [0.25, 0.3) is 0 Å². The van der Waals surface area contributed by atoms with Gasteiger partial charge in [0.1, 0.15) is 0 Å². The maximum atomic E-state index is 6.02. The Bertz CT molecular complexity index is 538. The molecule has 0 fully saturated rings. The van der Waals surface area contributed by atoms with Crippen molar-refractivity contribution in [2.75, 3.05) is 18.0 Å². The molecule has 0 bridgehead atoms. The Hall–Kier alpha value is -0.840. The molecule has 19 heavy (non-hydrogen) atoms. The van der Waals surface area contributed by atoms with Crippen LogP contribution in [0.5, 0.6) is 0 Å². The lowest BCUT2D eigenvalue weighted by Crippen LogP contribution is -2.33. The van der Waals surface area contributed by atoms with E-state index in [1.165, 1.54) is 16.1 Å². The van der Waals surface area contributed by atoms with Gasteiger partial charge in [-0.1, -0.05) is 12.1 Å². The zero-order valence-electron chi connectivity index (χ0n) is 11.3. The van der Waals surface area contributed by atoms with Gasteiger partial charge in [-0.25, -0.2) is 0 Å². The molecule has 2 rings (SSSR count). The van der Waals surface area contributed by atoms with Gasteiger partial charge in [0, 0.05) is 23.7 Å². The first-order chi connectivity index (χ1) is 9.15. The third-order valence-corrected chi connectivity index (χ3v) is 4.92. The second-order valence-corrected chi connectivity index (χ2v) is 7.01. The lowest BCUT2D eigenvalue weighted by atomic mass is 10.1. The predicted octanol–water partition coefficient (Wildman–Crippen LogP) is 4.35. The van der Waals surface area contributed by atoms with Crippen molar-refractivity contribution < 1.29 is 0 Å². The fourth-order valence-corrected chi connectivity index (χ4v) is 3.84. The number of thiophene rings is 1. The number of anilines is 1. The van der Waals surface area contributed by atoms with E-state index in [-0.39, 0.29) is 6.04 Å². The topological polar surface area (TPSA) is 29.3 Å². The van der Waals surface area contributed by atoms with Gasteiger partial charge >= 0.3 is 0 Å². The van der Waals surface area contributed by atoms with E-state index in [1.807, 2.05) is 0 Å². The van der Waals surface area contributed by atoms with Crippen molar-refractivity contribution >= 4 is 33.0 Å². The van der Waals surface area contributed by atoms with E-state index in [9.17, 15) is 0 Å². The van der Waals surface area contributed by atoms with Crippen molar-refractivity contribution in [1.29, 1.82) is 0 Å². The van der Waals surface area contributed by atoms with Crippen molar-refractivity contribution in [1.82, 2.24) is 0 Å².